The molecule has 1 fully saturated rings. The number of hydrogen-bond acceptors (Lipinski definition) is 2. The molecule has 1 saturated carbocycles. The number of carbonyl (C=O) groups is 2. The van der Waals surface area contributed by atoms with Crippen LogP contribution in [0.25, 0.3) is 0 Å². The first-order chi connectivity index (χ1) is 10.1. The van der Waals surface area contributed by atoms with E-state index in [-0.39, 0.29) is 12.1 Å². The Labute approximate surface area is 125 Å². The maximum absolute atomic E-state index is 11.9. The second-order valence-corrected chi connectivity index (χ2v) is 6.18. The van der Waals surface area contributed by atoms with Crippen molar-refractivity contribution in [3.8, 4) is 0 Å². The van der Waals surface area contributed by atoms with Crippen molar-refractivity contribution >= 4 is 11.8 Å². The van der Waals surface area contributed by atoms with Crippen molar-refractivity contribution < 1.29 is 9.59 Å². The zero-order valence-corrected chi connectivity index (χ0v) is 12.4. The monoisotopic (exact) mass is 286 g/mol. The standard InChI is InChI=1S/C17H22N2O2/c1-11(18-16(20)17(21)19-15-8-9-15)13-7-6-12-4-2-3-5-14(12)10-13/h6-7,10-11,15H,2-5,8-9H2,1H3,(H,18,20)(H,19,21). The normalized spacial score (nSPS) is 18.5. The van der Waals surface area contributed by atoms with Crippen molar-refractivity contribution in [2.24, 2.45) is 0 Å². The molecule has 21 heavy (non-hydrogen) atoms. The van der Waals surface area contributed by atoms with Crippen LogP contribution >= 0.6 is 0 Å². The highest BCUT2D eigenvalue weighted by molar-refractivity contribution is 6.35. The Morgan fingerprint density at radius 2 is 1.81 bits per heavy atom. The number of nitrogens with one attached hydrogen (secondary N) is 2. The van der Waals surface area contributed by atoms with Gasteiger partial charge in [0, 0.05) is 6.04 Å². The molecule has 0 heterocycles. The maximum Gasteiger partial charge on any atom is 0.309 e. The Morgan fingerprint density at radius 1 is 1.10 bits per heavy atom. The van der Waals surface area contributed by atoms with Gasteiger partial charge in [0.15, 0.2) is 0 Å². The quantitative estimate of drug-likeness (QED) is 0.835. The van der Waals surface area contributed by atoms with Gasteiger partial charge in [-0.05, 0) is 62.1 Å². The van der Waals surface area contributed by atoms with Crippen LogP contribution in [-0.2, 0) is 22.4 Å². The van der Waals surface area contributed by atoms with Crippen molar-refractivity contribution in [3.63, 3.8) is 0 Å². The van der Waals surface area contributed by atoms with Gasteiger partial charge in [0.1, 0.15) is 0 Å². The van der Waals surface area contributed by atoms with Gasteiger partial charge in [0.2, 0.25) is 0 Å². The smallest absolute Gasteiger partial charge is 0.309 e. The molecular formula is C17H22N2O2. The van der Waals surface area contributed by atoms with E-state index in [2.05, 4.69) is 28.8 Å². The molecule has 112 valence electrons. The Balaban J connectivity index is 1.62. The molecule has 4 nitrogen and oxygen atoms in total. The SMILES string of the molecule is CC(NC(=O)C(=O)NC1CC1)c1ccc2c(c1)CCCC2. The zero-order chi connectivity index (χ0) is 14.8. The molecule has 0 aromatic heterocycles. The molecule has 0 aliphatic heterocycles. The topological polar surface area (TPSA) is 58.2 Å². The number of hydrogen-bond donors (Lipinski definition) is 2. The van der Waals surface area contributed by atoms with E-state index < -0.39 is 11.8 Å². The van der Waals surface area contributed by atoms with E-state index in [1.165, 1.54) is 24.0 Å². The van der Waals surface area contributed by atoms with Crippen LogP contribution in [0.1, 0.15) is 55.3 Å². The maximum atomic E-state index is 11.9. The van der Waals surface area contributed by atoms with E-state index in [0.717, 1.165) is 31.2 Å². The molecule has 2 N–H and O–H groups in total. The lowest BCUT2D eigenvalue weighted by Crippen LogP contribution is -2.41. The fourth-order valence-corrected chi connectivity index (χ4v) is 2.85. The predicted molar refractivity (Wildman–Crippen MR) is 80.8 cm³/mol. The number of benzene rings is 1. The van der Waals surface area contributed by atoms with Crippen molar-refractivity contribution in [3.05, 3.63) is 34.9 Å². The lowest BCUT2D eigenvalue weighted by molar-refractivity contribution is -0.139. The number of fused-ring (bicyclic) bond motifs is 1. The van der Waals surface area contributed by atoms with Gasteiger partial charge in [0.25, 0.3) is 0 Å². The summed E-state index contributed by atoms with van der Waals surface area (Å²) in [6.07, 6.45) is 6.74. The Hall–Kier alpha value is -1.84. The van der Waals surface area contributed by atoms with Crippen LogP contribution in [0.2, 0.25) is 0 Å². The van der Waals surface area contributed by atoms with E-state index in [1.54, 1.807) is 0 Å². The summed E-state index contributed by atoms with van der Waals surface area (Å²) in [4.78, 5) is 23.5. The molecule has 4 heteroatoms. The number of rotatable bonds is 3. The van der Waals surface area contributed by atoms with Crippen LogP contribution in [0.4, 0.5) is 0 Å². The largest absolute Gasteiger partial charge is 0.345 e. The molecular weight excluding hydrogens is 264 g/mol. The van der Waals surface area contributed by atoms with Gasteiger partial charge >= 0.3 is 11.8 Å². The summed E-state index contributed by atoms with van der Waals surface area (Å²) in [6.45, 7) is 1.92. The van der Waals surface area contributed by atoms with Gasteiger partial charge < -0.3 is 10.6 Å². The van der Waals surface area contributed by atoms with Crippen LogP contribution in [-0.4, -0.2) is 17.9 Å². The third-order valence-electron chi connectivity index (χ3n) is 4.34. The summed E-state index contributed by atoms with van der Waals surface area (Å²) >= 11 is 0. The molecule has 3 rings (SSSR count). The predicted octanol–water partition coefficient (Wildman–Crippen LogP) is 2.02. The van der Waals surface area contributed by atoms with E-state index >= 15 is 0 Å². The third kappa shape index (κ3) is 3.43. The highest BCUT2D eigenvalue weighted by Crippen LogP contribution is 2.24. The van der Waals surface area contributed by atoms with Crippen LogP contribution in [0.15, 0.2) is 18.2 Å². The second kappa shape index (κ2) is 5.88. The molecule has 0 bridgehead atoms. The summed E-state index contributed by atoms with van der Waals surface area (Å²) < 4.78 is 0. The van der Waals surface area contributed by atoms with Gasteiger partial charge in [0.05, 0.1) is 6.04 Å². The van der Waals surface area contributed by atoms with Crippen molar-refractivity contribution in [2.45, 2.75) is 57.5 Å². The first kappa shape index (κ1) is 14.1. The van der Waals surface area contributed by atoms with Crippen LogP contribution in [0.5, 0.6) is 0 Å². The van der Waals surface area contributed by atoms with Crippen LogP contribution < -0.4 is 10.6 Å². The van der Waals surface area contributed by atoms with Gasteiger partial charge in [-0.15, -0.1) is 0 Å². The molecule has 0 spiro atoms. The Morgan fingerprint density at radius 3 is 2.52 bits per heavy atom. The molecule has 0 saturated heterocycles. The second-order valence-electron chi connectivity index (χ2n) is 6.18. The van der Waals surface area contributed by atoms with Crippen LogP contribution in [0, 0.1) is 0 Å². The summed E-state index contributed by atoms with van der Waals surface area (Å²) in [6, 6.07) is 6.47. The van der Waals surface area contributed by atoms with Gasteiger partial charge in [-0.25, -0.2) is 0 Å². The van der Waals surface area contributed by atoms with Crippen LogP contribution in [0.3, 0.4) is 0 Å². The zero-order valence-electron chi connectivity index (χ0n) is 12.4. The number of aryl methyl sites for hydroxylation is 2. The van der Waals surface area contributed by atoms with E-state index in [1.807, 2.05) is 6.92 Å². The fourth-order valence-electron chi connectivity index (χ4n) is 2.85. The lowest BCUT2D eigenvalue weighted by atomic mass is 9.89. The van der Waals surface area contributed by atoms with Crippen molar-refractivity contribution in [1.29, 1.82) is 0 Å². The van der Waals surface area contributed by atoms with E-state index in [9.17, 15) is 9.59 Å². The molecule has 2 aliphatic rings. The highest BCUT2D eigenvalue weighted by Gasteiger charge is 2.27. The molecule has 0 radical (unpaired) electrons. The molecule has 1 aromatic carbocycles. The van der Waals surface area contributed by atoms with E-state index in [4.69, 9.17) is 0 Å². The fraction of sp³-hybridized carbons (Fsp3) is 0.529. The Bertz CT molecular complexity index is 564. The molecule has 2 aliphatic carbocycles. The third-order valence-corrected chi connectivity index (χ3v) is 4.34. The average Bonchev–Trinajstić information content (AvgIpc) is 3.30. The molecule has 2 amide bonds. The first-order valence-corrected chi connectivity index (χ1v) is 7.86. The summed E-state index contributed by atoms with van der Waals surface area (Å²) in [5.41, 5.74) is 3.89. The molecule has 1 unspecified atom stereocenters. The molecule has 1 atom stereocenters. The van der Waals surface area contributed by atoms with Crippen molar-refractivity contribution in [2.75, 3.05) is 0 Å². The molecule has 1 aromatic rings. The van der Waals surface area contributed by atoms with E-state index in [0.29, 0.717) is 0 Å². The summed E-state index contributed by atoms with van der Waals surface area (Å²) in [5.74, 6) is -1.05. The average molecular weight is 286 g/mol. The Kier molecular flexibility index (Phi) is 3.95. The van der Waals surface area contributed by atoms with Gasteiger partial charge in [-0.3, -0.25) is 9.59 Å². The highest BCUT2D eigenvalue weighted by atomic mass is 16.2. The minimum atomic E-state index is -0.535. The summed E-state index contributed by atoms with van der Waals surface area (Å²) in [5, 5.41) is 5.49. The van der Waals surface area contributed by atoms with Crippen molar-refractivity contribution in [1.82, 2.24) is 10.6 Å². The minimum absolute atomic E-state index is 0.144. The van der Waals surface area contributed by atoms with Gasteiger partial charge in [-0.1, -0.05) is 18.2 Å². The number of amides is 2. The lowest BCUT2D eigenvalue weighted by Gasteiger charge is -2.20. The summed E-state index contributed by atoms with van der Waals surface area (Å²) in [7, 11) is 0. The van der Waals surface area contributed by atoms with Gasteiger partial charge in [-0.2, -0.15) is 0 Å². The number of carbonyl (C=O) groups excluding carboxylic acids is 2. The first-order valence-electron chi connectivity index (χ1n) is 7.86. The minimum Gasteiger partial charge on any atom is -0.345 e.